The molecule has 21 heavy (non-hydrogen) atoms. The number of nitrogens with two attached hydrogens (primary N) is 1. The maximum absolute atomic E-state index is 6.02. The number of tetrazole rings is 1. The van der Waals surface area contributed by atoms with E-state index in [0.717, 1.165) is 46.9 Å². The van der Waals surface area contributed by atoms with Crippen molar-refractivity contribution in [3.05, 3.63) is 23.8 Å². The number of benzene rings is 1. The lowest BCUT2D eigenvalue weighted by molar-refractivity contribution is 0.331. The molecule has 2 aromatic rings. The van der Waals surface area contributed by atoms with Crippen LogP contribution in [0.4, 0.5) is 5.69 Å². The molecular formula is C16H21N5. The molecule has 0 unspecified atom stereocenters. The largest absolute Gasteiger partial charge is 0.398 e. The second-order valence-electron chi connectivity index (χ2n) is 6.59. The maximum atomic E-state index is 6.02. The summed E-state index contributed by atoms with van der Waals surface area (Å²) in [5.74, 6) is 3.40. The molecule has 5 heteroatoms. The van der Waals surface area contributed by atoms with E-state index in [-0.39, 0.29) is 0 Å². The van der Waals surface area contributed by atoms with E-state index in [4.69, 9.17) is 5.73 Å². The summed E-state index contributed by atoms with van der Waals surface area (Å²) in [5.41, 5.74) is 8.91. The van der Waals surface area contributed by atoms with Crippen LogP contribution < -0.4 is 5.73 Å². The zero-order valence-corrected chi connectivity index (χ0v) is 12.4. The first-order valence-corrected chi connectivity index (χ1v) is 7.85. The lowest BCUT2D eigenvalue weighted by atomic mass is 9.98. The molecule has 4 rings (SSSR count). The molecule has 0 saturated heterocycles. The fourth-order valence-corrected chi connectivity index (χ4v) is 3.25. The van der Waals surface area contributed by atoms with Crippen LogP contribution in [0.5, 0.6) is 0 Å². The summed E-state index contributed by atoms with van der Waals surface area (Å²) in [4.78, 5) is 0. The van der Waals surface area contributed by atoms with Crippen LogP contribution in [0.15, 0.2) is 18.2 Å². The molecule has 2 saturated carbocycles. The van der Waals surface area contributed by atoms with Crippen molar-refractivity contribution in [1.82, 2.24) is 20.2 Å². The van der Waals surface area contributed by atoms with E-state index in [1.165, 1.54) is 25.7 Å². The highest BCUT2D eigenvalue weighted by Gasteiger charge is 2.41. The van der Waals surface area contributed by atoms with Crippen LogP contribution in [0, 0.1) is 24.7 Å². The Bertz CT molecular complexity index is 642. The maximum Gasteiger partial charge on any atom is 0.182 e. The summed E-state index contributed by atoms with van der Waals surface area (Å²) in [6.07, 6.45) is 5.54. The van der Waals surface area contributed by atoms with Crippen molar-refractivity contribution in [2.24, 2.45) is 17.8 Å². The number of aryl methyl sites for hydroxylation is 1. The molecule has 0 amide bonds. The average Bonchev–Trinajstić information content (AvgIpc) is 3.39. The Hall–Kier alpha value is -1.91. The first-order chi connectivity index (χ1) is 10.2. The van der Waals surface area contributed by atoms with Crippen molar-refractivity contribution >= 4 is 5.69 Å². The summed E-state index contributed by atoms with van der Waals surface area (Å²) >= 11 is 0. The Labute approximate surface area is 124 Å². The van der Waals surface area contributed by atoms with Crippen molar-refractivity contribution in [2.45, 2.75) is 39.2 Å². The number of anilines is 1. The number of hydrogen-bond donors (Lipinski definition) is 1. The number of rotatable bonds is 5. The van der Waals surface area contributed by atoms with Crippen LogP contribution in [0.25, 0.3) is 11.4 Å². The van der Waals surface area contributed by atoms with Crippen molar-refractivity contribution in [3.63, 3.8) is 0 Å². The Morgan fingerprint density at radius 3 is 2.57 bits per heavy atom. The number of nitrogens with zero attached hydrogens (tertiary/aromatic N) is 4. The minimum Gasteiger partial charge on any atom is -0.398 e. The average molecular weight is 283 g/mol. The molecule has 1 aromatic carbocycles. The molecule has 110 valence electrons. The van der Waals surface area contributed by atoms with E-state index in [1.807, 2.05) is 23.7 Å². The number of aromatic nitrogens is 4. The van der Waals surface area contributed by atoms with Gasteiger partial charge in [0.05, 0.1) is 0 Å². The van der Waals surface area contributed by atoms with Gasteiger partial charge in [0.2, 0.25) is 0 Å². The number of nitrogen functional groups attached to an aromatic ring is 1. The SMILES string of the molecule is Cc1ccc(-c2nnnn2CC(C2CC2)C2CC2)cc1N. The second kappa shape index (κ2) is 4.83. The van der Waals surface area contributed by atoms with Gasteiger partial charge >= 0.3 is 0 Å². The molecule has 5 nitrogen and oxygen atoms in total. The van der Waals surface area contributed by atoms with Crippen molar-refractivity contribution in [2.75, 3.05) is 5.73 Å². The predicted molar refractivity (Wildman–Crippen MR) is 81.3 cm³/mol. The molecule has 2 N–H and O–H groups in total. The van der Waals surface area contributed by atoms with Gasteiger partial charge in [-0.1, -0.05) is 12.1 Å². The van der Waals surface area contributed by atoms with Crippen LogP contribution in [0.2, 0.25) is 0 Å². The Kier molecular flexibility index (Phi) is 2.94. The summed E-state index contributed by atoms with van der Waals surface area (Å²) in [6.45, 7) is 2.96. The van der Waals surface area contributed by atoms with E-state index < -0.39 is 0 Å². The zero-order chi connectivity index (χ0) is 14.4. The lowest BCUT2D eigenvalue weighted by Gasteiger charge is -2.16. The second-order valence-corrected chi connectivity index (χ2v) is 6.59. The first kappa shape index (κ1) is 12.8. The van der Waals surface area contributed by atoms with Gasteiger partial charge in [0, 0.05) is 17.8 Å². The Morgan fingerprint density at radius 2 is 1.95 bits per heavy atom. The highest BCUT2D eigenvalue weighted by atomic mass is 15.5. The monoisotopic (exact) mass is 283 g/mol. The molecule has 0 atom stereocenters. The van der Waals surface area contributed by atoms with Crippen LogP contribution >= 0.6 is 0 Å². The van der Waals surface area contributed by atoms with Gasteiger partial charge in [-0.15, -0.1) is 5.10 Å². The molecule has 2 fully saturated rings. The zero-order valence-electron chi connectivity index (χ0n) is 12.4. The third kappa shape index (κ3) is 2.52. The molecule has 1 heterocycles. The van der Waals surface area contributed by atoms with Crippen molar-refractivity contribution in [3.8, 4) is 11.4 Å². The summed E-state index contributed by atoms with van der Waals surface area (Å²) < 4.78 is 1.98. The minimum atomic E-state index is 0.759. The fraction of sp³-hybridized carbons (Fsp3) is 0.562. The van der Waals surface area contributed by atoms with Crippen molar-refractivity contribution in [1.29, 1.82) is 0 Å². The quantitative estimate of drug-likeness (QED) is 0.856. The molecule has 2 aliphatic rings. The van der Waals surface area contributed by atoms with Crippen LogP contribution in [0.1, 0.15) is 31.2 Å². The van der Waals surface area contributed by atoms with Gasteiger partial charge in [0.1, 0.15) is 0 Å². The molecule has 0 spiro atoms. The summed E-state index contributed by atoms with van der Waals surface area (Å²) in [7, 11) is 0. The Morgan fingerprint density at radius 1 is 1.24 bits per heavy atom. The molecule has 0 radical (unpaired) electrons. The summed E-state index contributed by atoms with van der Waals surface area (Å²) in [6, 6.07) is 6.06. The van der Waals surface area contributed by atoms with E-state index in [1.54, 1.807) is 0 Å². The smallest absolute Gasteiger partial charge is 0.182 e. The first-order valence-electron chi connectivity index (χ1n) is 7.85. The van der Waals surface area contributed by atoms with Gasteiger partial charge in [-0.05, 0) is 72.4 Å². The van der Waals surface area contributed by atoms with Crippen molar-refractivity contribution < 1.29 is 0 Å². The van der Waals surface area contributed by atoms with Crippen LogP contribution in [-0.4, -0.2) is 20.2 Å². The van der Waals surface area contributed by atoms with E-state index >= 15 is 0 Å². The van der Waals surface area contributed by atoms with Gasteiger partial charge in [-0.2, -0.15) is 0 Å². The van der Waals surface area contributed by atoms with Gasteiger partial charge in [-0.25, -0.2) is 4.68 Å². The summed E-state index contributed by atoms with van der Waals surface area (Å²) in [5, 5.41) is 12.3. The van der Waals surface area contributed by atoms with E-state index in [2.05, 4.69) is 21.6 Å². The fourth-order valence-electron chi connectivity index (χ4n) is 3.25. The van der Waals surface area contributed by atoms with Crippen LogP contribution in [0.3, 0.4) is 0 Å². The lowest BCUT2D eigenvalue weighted by Crippen LogP contribution is -2.17. The molecular weight excluding hydrogens is 262 g/mol. The Balaban J connectivity index is 1.61. The molecule has 2 aliphatic carbocycles. The third-order valence-electron chi connectivity index (χ3n) is 4.91. The molecule has 0 bridgehead atoms. The van der Waals surface area contributed by atoms with E-state index in [0.29, 0.717) is 0 Å². The van der Waals surface area contributed by atoms with E-state index in [9.17, 15) is 0 Å². The van der Waals surface area contributed by atoms with Gasteiger partial charge in [0.15, 0.2) is 5.82 Å². The molecule has 1 aromatic heterocycles. The van der Waals surface area contributed by atoms with Gasteiger partial charge in [-0.3, -0.25) is 0 Å². The van der Waals surface area contributed by atoms with Crippen LogP contribution in [-0.2, 0) is 6.54 Å². The van der Waals surface area contributed by atoms with Gasteiger partial charge < -0.3 is 5.73 Å². The predicted octanol–water partition coefficient (Wildman–Crippen LogP) is 2.67. The normalized spacial score (nSPS) is 18.4. The minimum absolute atomic E-state index is 0.759. The highest BCUT2D eigenvalue weighted by molar-refractivity contribution is 5.63. The highest BCUT2D eigenvalue weighted by Crippen LogP contribution is 2.50. The standard InChI is InChI=1S/C16H21N5/c1-10-2-3-13(8-15(10)17)16-18-19-20-21(16)9-14(11-4-5-11)12-6-7-12/h2-3,8,11-12,14H,4-7,9,17H2,1H3. The topological polar surface area (TPSA) is 69.6 Å². The number of hydrogen-bond acceptors (Lipinski definition) is 4. The third-order valence-corrected chi connectivity index (χ3v) is 4.91. The van der Waals surface area contributed by atoms with Gasteiger partial charge in [0.25, 0.3) is 0 Å². The molecule has 0 aliphatic heterocycles.